The maximum atomic E-state index is 12.4. The van der Waals surface area contributed by atoms with E-state index in [1.165, 1.54) is 6.33 Å². The zero-order chi connectivity index (χ0) is 17.5. The van der Waals surface area contributed by atoms with Crippen LogP contribution in [0.25, 0.3) is 5.78 Å². The van der Waals surface area contributed by atoms with Crippen molar-refractivity contribution in [1.82, 2.24) is 24.5 Å². The van der Waals surface area contributed by atoms with Crippen LogP contribution in [0.3, 0.4) is 0 Å². The molecule has 0 aliphatic carbocycles. The molecule has 3 rings (SSSR count). The van der Waals surface area contributed by atoms with E-state index in [-0.39, 0.29) is 12.0 Å². The molecule has 0 aromatic carbocycles. The summed E-state index contributed by atoms with van der Waals surface area (Å²) in [6.45, 7) is 11.2. The van der Waals surface area contributed by atoms with E-state index in [2.05, 4.69) is 22.0 Å². The summed E-state index contributed by atoms with van der Waals surface area (Å²) in [6.07, 6.45) is 2.20. The number of fused-ring (bicyclic) bond motifs is 1. The quantitative estimate of drug-likeness (QED) is 0.803. The van der Waals surface area contributed by atoms with Gasteiger partial charge in [-0.3, -0.25) is 0 Å². The molecule has 2 aromatic heterocycles. The van der Waals surface area contributed by atoms with Gasteiger partial charge in [-0.2, -0.15) is 10.1 Å². The van der Waals surface area contributed by atoms with Crippen LogP contribution in [0, 0.1) is 12.8 Å². The molecule has 2 atom stereocenters. The van der Waals surface area contributed by atoms with Crippen molar-refractivity contribution >= 4 is 11.9 Å². The number of hydrogen-bond donors (Lipinski definition) is 0. The molecule has 1 saturated heterocycles. The standard InChI is InChI=1S/C17H25N5O2/c1-11-6-7-21(16(23)24-17(3,4)5)9-13(11)14-8-12(2)20-15-18-10-19-22(14)15/h8,10-11,13H,6-7,9H2,1-5H3/t11-,13-/m1/s1. The van der Waals surface area contributed by atoms with Gasteiger partial charge in [0.15, 0.2) is 0 Å². The number of ether oxygens (including phenoxy) is 1. The molecule has 130 valence electrons. The summed E-state index contributed by atoms with van der Waals surface area (Å²) in [7, 11) is 0. The van der Waals surface area contributed by atoms with Crippen molar-refractivity contribution < 1.29 is 9.53 Å². The number of carbonyl (C=O) groups excluding carboxylic acids is 1. The summed E-state index contributed by atoms with van der Waals surface area (Å²) in [5.41, 5.74) is 1.48. The molecule has 0 N–H and O–H groups in total. The van der Waals surface area contributed by atoms with Crippen molar-refractivity contribution in [1.29, 1.82) is 0 Å². The molecule has 24 heavy (non-hydrogen) atoms. The number of aromatic nitrogens is 4. The zero-order valence-corrected chi connectivity index (χ0v) is 15.0. The summed E-state index contributed by atoms with van der Waals surface area (Å²) in [5, 5.41) is 4.31. The Labute approximate surface area is 142 Å². The Morgan fingerprint density at radius 3 is 2.83 bits per heavy atom. The second-order valence-electron chi connectivity index (χ2n) is 7.59. The third-order valence-corrected chi connectivity index (χ3v) is 4.40. The number of nitrogens with zero attached hydrogens (tertiary/aromatic N) is 5. The molecular weight excluding hydrogens is 306 g/mol. The first-order valence-corrected chi connectivity index (χ1v) is 8.40. The normalized spacial score (nSPS) is 22.0. The highest BCUT2D eigenvalue weighted by Crippen LogP contribution is 2.33. The first-order valence-electron chi connectivity index (χ1n) is 8.40. The van der Waals surface area contributed by atoms with Gasteiger partial charge in [0.05, 0.1) is 5.69 Å². The van der Waals surface area contributed by atoms with Crippen LogP contribution in [0.15, 0.2) is 12.4 Å². The third kappa shape index (κ3) is 3.34. The lowest BCUT2D eigenvalue weighted by Crippen LogP contribution is -2.45. The minimum atomic E-state index is -0.484. The first kappa shape index (κ1) is 16.7. The molecule has 0 spiro atoms. The Morgan fingerprint density at radius 2 is 2.12 bits per heavy atom. The van der Waals surface area contributed by atoms with E-state index >= 15 is 0 Å². The molecule has 0 bridgehead atoms. The van der Waals surface area contributed by atoms with Gasteiger partial charge in [0.2, 0.25) is 0 Å². The molecule has 7 nitrogen and oxygen atoms in total. The number of hydrogen-bond acceptors (Lipinski definition) is 5. The Hall–Kier alpha value is -2.18. The fourth-order valence-corrected chi connectivity index (χ4v) is 3.17. The van der Waals surface area contributed by atoms with E-state index < -0.39 is 5.60 Å². The van der Waals surface area contributed by atoms with Gasteiger partial charge in [-0.1, -0.05) is 6.92 Å². The van der Waals surface area contributed by atoms with Crippen LogP contribution in [0.5, 0.6) is 0 Å². The molecule has 3 heterocycles. The second-order valence-corrected chi connectivity index (χ2v) is 7.59. The summed E-state index contributed by atoms with van der Waals surface area (Å²) >= 11 is 0. The Balaban J connectivity index is 1.88. The Bertz CT molecular complexity index is 749. The van der Waals surface area contributed by atoms with Gasteiger partial charge in [0.1, 0.15) is 11.9 Å². The SMILES string of the molecule is Cc1cc([C@@H]2CN(C(=O)OC(C)(C)C)CC[C@H]2C)n2ncnc2n1. The van der Waals surface area contributed by atoms with Crippen molar-refractivity contribution in [3.63, 3.8) is 0 Å². The largest absolute Gasteiger partial charge is 0.444 e. The lowest BCUT2D eigenvalue weighted by Gasteiger charge is -2.37. The van der Waals surface area contributed by atoms with Crippen molar-refractivity contribution in [2.24, 2.45) is 5.92 Å². The average molecular weight is 331 g/mol. The van der Waals surface area contributed by atoms with Crippen LogP contribution in [0.4, 0.5) is 4.79 Å². The number of rotatable bonds is 1. The van der Waals surface area contributed by atoms with Gasteiger partial charge in [0, 0.05) is 24.7 Å². The molecule has 2 aromatic rings. The van der Waals surface area contributed by atoms with E-state index in [4.69, 9.17) is 4.74 Å². The molecule has 0 unspecified atom stereocenters. The predicted octanol–water partition coefficient (Wildman–Crippen LogP) is 2.79. The predicted molar refractivity (Wildman–Crippen MR) is 89.8 cm³/mol. The minimum Gasteiger partial charge on any atom is -0.444 e. The Kier molecular flexibility index (Phi) is 4.19. The van der Waals surface area contributed by atoms with Crippen molar-refractivity contribution in [3.05, 3.63) is 23.8 Å². The van der Waals surface area contributed by atoms with E-state index in [1.54, 1.807) is 9.42 Å². The van der Waals surface area contributed by atoms with Gasteiger partial charge in [-0.25, -0.2) is 14.3 Å². The summed E-state index contributed by atoms with van der Waals surface area (Å²) in [4.78, 5) is 22.8. The van der Waals surface area contributed by atoms with Crippen LogP contribution in [-0.4, -0.2) is 49.3 Å². The van der Waals surface area contributed by atoms with Gasteiger partial charge in [-0.05, 0) is 46.1 Å². The number of piperidine rings is 1. The van der Waals surface area contributed by atoms with Crippen LogP contribution < -0.4 is 0 Å². The minimum absolute atomic E-state index is 0.178. The molecular formula is C17H25N5O2. The van der Waals surface area contributed by atoms with E-state index in [0.717, 1.165) is 24.4 Å². The van der Waals surface area contributed by atoms with Crippen LogP contribution in [0.1, 0.15) is 51.4 Å². The smallest absolute Gasteiger partial charge is 0.410 e. The number of likely N-dealkylation sites (tertiary alicyclic amines) is 1. The lowest BCUT2D eigenvalue weighted by molar-refractivity contribution is 0.0161. The van der Waals surface area contributed by atoms with E-state index in [0.29, 0.717) is 18.2 Å². The average Bonchev–Trinajstić information content (AvgIpc) is 2.93. The van der Waals surface area contributed by atoms with Crippen molar-refractivity contribution in [2.45, 2.75) is 52.6 Å². The molecule has 7 heteroatoms. The van der Waals surface area contributed by atoms with Crippen LogP contribution >= 0.6 is 0 Å². The van der Waals surface area contributed by atoms with Crippen molar-refractivity contribution in [2.75, 3.05) is 13.1 Å². The fourth-order valence-electron chi connectivity index (χ4n) is 3.17. The maximum Gasteiger partial charge on any atom is 0.410 e. The van der Waals surface area contributed by atoms with E-state index in [9.17, 15) is 4.79 Å². The highest BCUT2D eigenvalue weighted by molar-refractivity contribution is 5.68. The first-order chi connectivity index (χ1) is 11.2. The molecule has 0 radical (unpaired) electrons. The number of carbonyl (C=O) groups is 1. The molecule has 0 saturated carbocycles. The van der Waals surface area contributed by atoms with Gasteiger partial charge >= 0.3 is 6.09 Å². The van der Waals surface area contributed by atoms with E-state index in [1.807, 2.05) is 33.8 Å². The maximum absolute atomic E-state index is 12.4. The monoisotopic (exact) mass is 331 g/mol. The number of aryl methyl sites for hydroxylation is 1. The summed E-state index contributed by atoms with van der Waals surface area (Å²) < 4.78 is 7.32. The molecule has 1 aliphatic heterocycles. The van der Waals surface area contributed by atoms with Gasteiger partial charge in [0.25, 0.3) is 5.78 Å². The van der Waals surface area contributed by atoms with Gasteiger partial charge in [-0.15, -0.1) is 0 Å². The summed E-state index contributed by atoms with van der Waals surface area (Å²) in [5.74, 6) is 1.22. The van der Waals surface area contributed by atoms with Crippen molar-refractivity contribution in [3.8, 4) is 0 Å². The lowest BCUT2D eigenvalue weighted by atomic mass is 9.84. The van der Waals surface area contributed by atoms with Crippen LogP contribution in [-0.2, 0) is 4.74 Å². The molecule has 1 aliphatic rings. The second kappa shape index (κ2) is 6.03. The Morgan fingerprint density at radius 1 is 1.38 bits per heavy atom. The zero-order valence-electron chi connectivity index (χ0n) is 15.0. The highest BCUT2D eigenvalue weighted by Gasteiger charge is 2.33. The molecule has 1 amide bonds. The number of amides is 1. The van der Waals surface area contributed by atoms with Gasteiger partial charge < -0.3 is 9.64 Å². The van der Waals surface area contributed by atoms with Crippen LogP contribution in [0.2, 0.25) is 0 Å². The molecule has 1 fully saturated rings. The highest BCUT2D eigenvalue weighted by atomic mass is 16.6. The third-order valence-electron chi connectivity index (χ3n) is 4.40. The fraction of sp³-hybridized carbons (Fsp3) is 0.647. The summed E-state index contributed by atoms with van der Waals surface area (Å²) in [6, 6.07) is 2.04. The topological polar surface area (TPSA) is 72.6 Å².